The fraction of sp³-hybridized carbons (Fsp3) is 0.214. The Kier molecular flexibility index (Phi) is 5.30. The molecule has 0 saturated heterocycles. The van der Waals surface area contributed by atoms with E-state index >= 15 is 0 Å². The van der Waals surface area contributed by atoms with Crippen LogP contribution in [0.15, 0.2) is 39.5 Å². The number of nitrogens with two attached hydrogens (primary N) is 1. The summed E-state index contributed by atoms with van der Waals surface area (Å²) < 4.78 is 13.8. The van der Waals surface area contributed by atoms with Gasteiger partial charge in [0.2, 0.25) is 0 Å². The van der Waals surface area contributed by atoms with Crippen LogP contribution in [0.2, 0.25) is 0 Å². The maximum absolute atomic E-state index is 11.4. The van der Waals surface area contributed by atoms with Crippen LogP contribution in [0.25, 0.3) is 0 Å². The number of hydrogen-bond acceptors (Lipinski definition) is 4. The minimum atomic E-state index is -0.367. The summed E-state index contributed by atoms with van der Waals surface area (Å²) in [6.07, 6.45) is 1.72. The van der Waals surface area contributed by atoms with Crippen molar-refractivity contribution in [3.05, 3.63) is 45.1 Å². The van der Waals surface area contributed by atoms with Gasteiger partial charge >= 0.3 is 5.97 Å². The molecule has 0 aliphatic rings. The molecule has 1 aromatic heterocycles. The van der Waals surface area contributed by atoms with E-state index in [0.717, 1.165) is 9.08 Å². The van der Waals surface area contributed by atoms with Crippen molar-refractivity contribution in [2.24, 2.45) is 0 Å². The van der Waals surface area contributed by atoms with Crippen LogP contribution in [-0.4, -0.2) is 24.3 Å². The molecule has 2 aromatic rings. The number of hydrogen-bond donors (Lipinski definition) is 1. The Bertz CT molecular complexity index is 656. The number of carbonyl (C=O) groups excluding carboxylic acids is 1. The van der Waals surface area contributed by atoms with E-state index in [1.54, 1.807) is 18.3 Å². The maximum Gasteiger partial charge on any atom is 0.339 e. The molecule has 0 fully saturated rings. The van der Waals surface area contributed by atoms with E-state index in [-0.39, 0.29) is 5.97 Å². The Morgan fingerprint density at radius 3 is 2.86 bits per heavy atom. The van der Waals surface area contributed by atoms with Gasteiger partial charge in [0, 0.05) is 11.9 Å². The number of ether oxygens (including phenoxy) is 2. The fourth-order valence-corrected chi connectivity index (χ4v) is 2.68. The van der Waals surface area contributed by atoms with Gasteiger partial charge in [0.15, 0.2) is 0 Å². The number of methoxy groups -OCH3 is 1. The molecule has 0 unspecified atom stereocenters. The molecule has 1 heterocycles. The fourth-order valence-electron chi connectivity index (χ4n) is 1.77. The second-order valence-electron chi connectivity index (χ2n) is 4.24. The summed E-state index contributed by atoms with van der Waals surface area (Å²) in [4.78, 5) is 11.4. The topological polar surface area (TPSA) is 66.5 Å². The minimum absolute atomic E-state index is 0.367. The zero-order valence-electron chi connectivity index (χ0n) is 11.3. The van der Waals surface area contributed by atoms with Crippen molar-refractivity contribution in [1.29, 1.82) is 0 Å². The van der Waals surface area contributed by atoms with Crippen molar-refractivity contribution in [3.63, 3.8) is 0 Å². The highest BCUT2D eigenvalue weighted by Gasteiger charge is 2.11. The van der Waals surface area contributed by atoms with E-state index in [0.29, 0.717) is 30.2 Å². The van der Waals surface area contributed by atoms with Crippen molar-refractivity contribution in [2.75, 3.05) is 19.5 Å². The molecule has 7 heteroatoms. The predicted molar refractivity (Wildman–Crippen MR) is 87.5 cm³/mol. The van der Waals surface area contributed by atoms with Crippen molar-refractivity contribution < 1.29 is 14.3 Å². The number of halogens is 2. The number of anilines is 1. The molecule has 1 aromatic carbocycles. The van der Waals surface area contributed by atoms with E-state index in [4.69, 9.17) is 10.5 Å². The van der Waals surface area contributed by atoms with E-state index in [1.807, 2.05) is 16.7 Å². The molecule has 2 rings (SSSR count). The average Bonchev–Trinajstić information content (AvgIpc) is 2.84. The molecule has 0 spiro atoms. The maximum atomic E-state index is 11.4. The third kappa shape index (κ3) is 3.79. The lowest BCUT2D eigenvalue weighted by Crippen LogP contribution is -2.08. The van der Waals surface area contributed by atoms with Gasteiger partial charge in [-0.15, -0.1) is 0 Å². The van der Waals surface area contributed by atoms with E-state index in [9.17, 15) is 4.79 Å². The smallest absolute Gasteiger partial charge is 0.339 e. The summed E-state index contributed by atoms with van der Waals surface area (Å²) in [5, 5.41) is 0. The third-order valence-electron chi connectivity index (χ3n) is 2.85. The molecule has 2 N–H and O–H groups in total. The Labute approximate surface area is 139 Å². The minimum Gasteiger partial charge on any atom is -0.490 e. The highest BCUT2D eigenvalue weighted by atomic mass is 79.9. The second-order valence-corrected chi connectivity index (χ2v) is 5.85. The molecule has 0 bridgehead atoms. The standard InChI is InChI=1S/C14H14Br2N2O3/c1-20-14(19)9-7-12(15)18(8-9)5-6-21-11-4-2-3-10(17)13(11)16/h2-4,7-8H,5-6,17H2,1H3. The lowest BCUT2D eigenvalue weighted by atomic mass is 10.3. The van der Waals surface area contributed by atoms with E-state index in [2.05, 4.69) is 36.6 Å². The molecule has 0 atom stereocenters. The van der Waals surface area contributed by atoms with Gasteiger partial charge in [-0.2, -0.15) is 0 Å². The van der Waals surface area contributed by atoms with Gasteiger partial charge in [-0.25, -0.2) is 4.79 Å². The Hall–Kier alpha value is -1.47. The predicted octanol–water partition coefficient (Wildman–Crippen LogP) is 3.46. The second kappa shape index (κ2) is 7.00. The third-order valence-corrected chi connectivity index (χ3v) is 4.38. The molecule has 0 radical (unpaired) electrons. The number of rotatable bonds is 5. The van der Waals surface area contributed by atoms with Crippen molar-refractivity contribution >= 4 is 43.5 Å². The largest absolute Gasteiger partial charge is 0.490 e. The highest BCUT2D eigenvalue weighted by molar-refractivity contribution is 9.11. The first-order valence-electron chi connectivity index (χ1n) is 6.13. The molecule has 0 amide bonds. The van der Waals surface area contributed by atoms with Gasteiger partial charge in [-0.1, -0.05) is 6.07 Å². The van der Waals surface area contributed by atoms with Crippen LogP contribution in [-0.2, 0) is 11.3 Å². The lowest BCUT2D eigenvalue weighted by molar-refractivity contribution is 0.0600. The Balaban J connectivity index is 1.99. The number of carbonyl (C=O) groups is 1. The first-order valence-corrected chi connectivity index (χ1v) is 7.72. The summed E-state index contributed by atoms with van der Waals surface area (Å²) in [5.74, 6) is 0.320. The molecular formula is C14H14Br2N2O3. The monoisotopic (exact) mass is 416 g/mol. The van der Waals surface area contributed by atoms with Crippen molar-refractivity contribution in [1.82, 2.24) is 4.57 Å². The van der Waals surface area contributed by atoms with Gasteiger partial charge in [-0.3, -0.25) is 0 Å². The zero-order valence-corrected chi connectivity index (χ0v) is 14.5. The number of aromatic nitrogens is 1. The number of esters is 1. The number of benzene rings is 1. The molecule has 21 heavy (non-hydrogen) atoms. The number of nitrogen functional groups attached to an aromatic ring is 1. The van der Waals surface area contributed by atoms with Crippen LogP contribution in [0.5, 0.6) is 5.75 Å². The van der Waals surface area contributed by atoms with Crippen molar-refractivity contribution in [3.8, 4) is 5.75 Å². The summed E-state index contributed by atoms with van der Waals surface area (Å²) in [5.41, 5.74) is 6.91. The van der Waals surface area contributed by atoms with Gasteiger partial charge in [0.1, 0.15) is 12.4 Å². The summed E-state index contributed by atoms with van der Waals surface area (Å²) >= 11 is 6.78. The Morgan fingerprint density at radius 2 is 2.14 bits per heavy atom. The molecule has 0 aliphatic heterocycles. The van der Waals surface area contributed by atoms with E-state index < -0.39 is 0 Å². The molecule has 112 valence electrons. The molecule has 0 aliphatic carbocycles. The van der Waals surface area contributed by atoms with Gasteiger partial charge in [-0.05, 0) is 50.1 Å². The summed E-state index contributed by atoms with van der Waals surface area (Å²) in [6, 6.07) is 7.17. The quantitative estimate of drug-likeness (QED) is 0.597. The van der Waals surface area contributed by atoms with E-state index in [1.165, 1.54) is 7.11 Å². The van der Waals surface area contributed by atoms with Crippen LogP contribution in [0.4, 0.5) is 5.69 Å². The summed E-state index contributed by atoms with van der Waals surface area (Å²) in [6.45, 7) is 1.02. The van der Waals surface area contributed by atoms with Crippen molar-refractivity contribution in [2.45, 2.75) is 6.54 Å². The lowest BCUT2D eigenvalue weighted by Gasteiger charge is -2.10. The summed E-state index contributed by atoms with van der Waals surface area (Å²) in [7, 11) is 1.36. The first-order chi connectivity index (χ1) is 10.0. The van der Waals surface area contributed by atoms with Crippen LogP contribution in [0, 0.1) is 0 Å². The first kappa shape index (κ1) is 15.9. The highest BCUT2D eigenvalue weighted by Crippen LogP contribution is 2.30. The Morgan fingerprint density at radius 1 is 1.38 bits per heavy atom. The normalized spacial score (nSPS) is 10.4. The van der Waals surface area contributed by atoms with Crippen LogP contribution >= 0.6 is 31.9 Å². The van der Waals surface area contributed by atoms with Gasteiger partial charge in [0.25, 0.3) is 0 Å². The van der Waals surface area contributed by atoms with Crippen LogP contribution < -0.4 is 10.5 Å². The molecule has 5 nitrogen and oxygen atoms in total. The van der Waals surface area contributed by atoms with Gasteiger partial charge < -0.3 is 19.8 Å². The van der Waals surface area contributed by atoms with Crippen LogP contribution in [0.1, 0.15) is 10.4 Å². The average molecular weight is 418 g/mol. The SMILES string of the molecule is COC(=O)c1cc(Br)n(CCOc2cccc(N)c2Br)c1. The molecular weight excluding hydrogens is 404 g/mol. The van der Waals surface area contributed by atoms with Gasteiger partial charge in [0.05, 0.1) is 28.3 Å². The molecule has 0 saturated carbocycles. The number of nitrogens with zero attached hydrogens (tertiary/aromatic N) is 1. The zero-order chi connectivity index (χ0) is 15.4. The van der Waals surface area contributed by atoms with Crippen LogP contribution in [0.3, 0.4) is 0 Å².